The van der Waals surface area contributed by atoms with Crippen molar-refractivity contribution in [1.29, 1.82) is 0 Å². The lowest BCUT2D eigenvalue weighted by molar-refractivity contribution is -0.164. The van der Waals surface area contributed by atoms with Crippen LogP contribution in [0.4, 0.5) is 0 Å². The lowest BCUT2D eigenvalue weighted by atomic mass is 10.2. The predicted molar refractivity (Wildman–Crippen MR) is 66.3 cm³/mol. The number of Topliss-reactive ketones (excluding diaryl/α,β-unsaturated/α-hetero) is 2. The minimum Gasteiger partial charge on any atom is -0.461 e. The van der Waals surface area contributed by atoms with Gasteiger partial charge in [0.15, 0.2) is 5.78 Å². The molecule has 19 heavy (non-hydrogen) atoms. The van der Waals surface area contributed by atoms with Crippen LogP contribution in [0.15, 0.2) is 0 Å². The van der Waals surface area contributed by atoms with E-state index in [0.29, 0.717) is 12.8 Å². The van der Waals surface area contributed by atoms with Gasteiger partial charge in [-0.15, -0.1) is 0 Å². The first-order valence-corrected chi connectivity index (χ1v) is 6.32. The van der Waals surface area contributed by atoms with Crippen LogP contribution in [0.25, 0.3) is 0 Å². The van der Waals surface area contributed by atoms with Gasteiger partial charge in [0.25, 0.3) is 0 Å². The van der Waals surface area contributed by atoms with Gasteiger partial charge in [0.2, 0.25) is 11.9 Å². The second kappa shape index (κ2) is 9.24. The summed E-state index contributed by atoms with van der Waals surface area (Å²) < 4.78 is 9.66. The number of carbonyl (C=O) groups excluding carboxylic acids is 4. The first-order chi connectivity index (χ1) is 8.92. The van der Waals surface area contributed by atoms with Crippen molar-refractivity contribution in [2.45, 2.75) is 52.6 Å². The van der Waals surface area contributed by atoms with Gasteiger partial charge in [-0.25, -0.2) is 0 Å². The fourth-order valence-electron chi connectivity index (χ4n) is 1.26. The van der Waals surface area contributed by atoms with Crippen molar-refractivity contribution in [2.24, 2.45) is 0 Å². The molecule has 0 bridgehead atoms. The molecule has 0 aliphatic carbocycles. The highest BCUT2D eigenvalue weighted by atomic mass is 16.6. The van der Waals surface area contributed by atoms with Crippen molar-refractivity contribution in [1.82, 2.24) is 0 Å². The number of esters is 2. The van der Waals surface area contributed by atoms with Crippen LogP contribution in [0.3, 0.4) is 0 Å². The molecule has 108 valence electrons. The Balaban J connectivity index is 4.50. The van der Waals surface area contributed by atoms with Crippen LogP contribution in [0, 0.1) is 0 Å². The van der Waals surface area contributed by atoms with E-state index in [-0.39, 0.29) is 12.8 Å². The van der Waals surface area contributed by atoms with Crippen LogP contribution in [0.2, 0.25) is 0 Å². The summed E-state index contributed by atoms with van der Waals surface area (Å²) in [5.74, 6) is -2.68. The Labute approximate surface area is 112 Å². The predicted octanol–water partition coefficient (Wildman–Crippen LogP) is 1.20. The second-order valence-corrected chi connectivity index (χ2v) is 4.08. The molecule has 0 saturated carbocycles. The average molecular weight is 272 g/mol. The molecule has 6 nitrogen and oxygen atoms in total. The first-order valence-electron chi connectivity index (χ1n) is 6.32. The molecule has 0 spiro atoms. The zero-order valence-corrected chi connectivity index (χ0v) is 11.6. The molecule has 0 saturated heterocycles. The summed E-state index contributed by atoms with van der Waals surface area (Å²) in [6.45, 7) is 4.26. The summed E-state index contributed by atoms with van der Waals surface area (Å²) in [6, 6.07) is 0. The molecule has 0 radical (unpaired) electrons. The Morgan fingerprint density at radius 2 is 1.47 bits per heavy atom. The zero-order valence-electron chi connectivity index (χ0n) is 11.6. The molecule has 0 aromatic rings. The molecule has 0 aromatic carbocycles. The van der Waals surface area contributed by atoms with E-state index in [1.165, 1.54) is 0 Å². The Hall–Kier alpha value is -1.72. The third kappa shape index (κ3) is 7.33. The molecule has 0 aliphatic heterocycles. The minimum absolute atomic E-state index is 0.143. The van der Waals surface area contributed by atoms with Crippen molar-refractivity contribution in [3.63, 3.8) is 0 Å². The molecular formula is C13H20O6. The van der Waals surface area contributed by atoms with Crippen molar-refractivity contribution in [3.8, 4) is 0 Å². The van der Waals surface area contributed by atoms with Crippen LogP contribution in [-0.4, -0.2) is 36.2 Å². The molecule has 0 aliphatic rings. The van der Waals surface area contributed by atoms with Gasteiger partial charge >= 0.3 is 11.9 Å². The summed E-state index contributed by atoms with van der Waals surface area (Å²) >= 11 is 0. The maximum Gasteiger partial charge on any atom is 0.306 e. The van der Waals surface area contributed by atoms with Gasteiger partial charge in [0, 0.05) is 19.8 Å². The fourth-order valence-corrected chi connectivity index (χ4v) is 1.26. The Kier molecular flexibility index (Phi) is 8.41. The van der Waals surface area contributed by atoms with Gasteiger partial charge in [-0.1, -0.05) is 13.8 Å². The second-order valence-electron chi connectivity index (χ2n) is 4.08. The standard InChI is InChI=1S/C13H20O6/c1-4-6-11(15)18-8-10(13(17)9(3)14)19-12(16)7-5-2/h10H,4-8H2,1-3H3. The fraction of sp³-hybridized carbons (Fsp3) is 0.692. The van der Waals surface area contributed by atoms with Gasteiger partial charge in [0.05, 0.1) is 0 Å². The van der Waals surface area contributed by atoms with E-state index < -0.39 is 36.2 Å². The molecule has 0 rings (SSSR count). The van der Waals surface area contributed by atoms with Crippen molar-refractivity contribution in [2.75, 3.05) is 6.61 Å². The van der Waals surface area contributed by atoms with Gasteiger partial charge in [-0.2, -0.15) is 0 Å². The van der Waals surface area contributed by atoms with Crippen LogP contribution >= 0.6 is 0 Å². The SMILES string of the molecule is CCCC(=O)OCC(OC(=O)CCC)C(=O)C(C)=O. The highest BCUT2D eigenvalue weighted by molar-refractivity contribution is 6.38. The molecule has 0 heterocycles. The van der Waals surface area contributed by atoms with E-state index in [4.69, 9.17) is 9.47 Å². The zero-order chi connectivity index (χ0) is 14.8. The van der Waals surface area contributed by atoms with E-state index in [2.05, 4.69) is 0 Å². The molecule has 1 atom stereocenters. The number of hydrogen-bond acceptors (Lipinski definition) is 6. The lowest BCUT2D eigenvalue weighted by Crippen LogP contribution is -2.36. The number of rotatable bonds is 9. The van der Waals surface area contributed by atoms with Crippen molar-refractivity contribution in [3.05, 3.63) is 0 Å². The summed E-state index contributed by atoms with van der Waals surface area (Å²) in [6.07, 6.45) is 0.196. The lowest BCUT2D eigenvalue weighted by Gasteiger charge is -2.15. The summed E-state index contributed by atoms with van der Waals surface area (Å²) in [5.41, 5.74) is 0. The maximum absolute atomic E-state index is 11.5. The smallest absolute Gasteiger partial charge is 0.306 e. The van der Waals surface area contributed by atoms with Gasteiger partial charge < -0.3 is 9.47 Å². The number of hydrogen-bond donors (Lipinski definition) is 0. The van der Waals surface area contributed by atoms with E-state index in [1.54, 1.807) is 13.8 Å². The molecule has 1 unspecified atom stereocenters. The highest BCUT2D eigenvalue weighted by Gasteiger charge is 2.27. The topological polar surface area (TPSA) is 86.7 Å². The van der Waals surface area contributed by atoms with Crippen LogP contribution in [0.1, 0.15) is 46.5 Å². The minimum atomic E-state index is -1.34. The number of ketones is 2. The highest BCUT2D eigenvalue weighted by Crippen LogP contribution is 2.03. The largest absolute Gasteiger partial charge is 0.461 e. The summed E-state index contributed by atoms with van der Waals surface area (Å²) in [4.78, 5) is 45.1. The van der Waals surface area contributed by atoms with Gasteiger partial charge in [-0.05, 0) is 12.8 Å². The summed E-state index contributed by atoms with van der Waals surface area (Å²) in [7, 11) is 0. The molecule has 0 aromatic heterocycles. The molecular weight excluding hydrogens is 252 g/mol. The third-order valence-corrected chi connectivity index (χ3v) is 2.22. The summed E-state index contributed by atoms with van der Waals surface area (Å²) in [5, 5.41) is 0. The third-order valence-electron chi connectivity index (χ3n) is 2.22. The Bertz CT molecular complexity index is 347. The van der Waals surface area contributed by atoms with Gasteiger partial charge in [0.1, 0.15) is 6.61 Å². The molecule has 0 fully saturated rings. The molecule has 0 amide bonds. The normalized spacial score (nSPS) is 11.5. The quantitative estimate of drug-likeness (QED) is 0.463. The number of ether oxygens (including phenoxy) is 2. The monoisotopic (exact) mass is 272 g/mol. The van der Waals surface area contributed by atoms with Crippen molar-refractivity contribution >= 4 is 23.5 Å². The molecule has 0 N–H and O–H groups in total. The van der Waals surface area contributed by atoms with Crippen LogP contribution in [-0.2, 0) is 28.7 Å². The molecule has 6 heteroatoms. The Morgan fingerprint density at radius 1 is 0.947 bits per heavy atom. The van der Waals surface area contributed by atoms with Crippen LogP contribution in [0.5, 0.6) is 0 Å². The van der Waals surface area contributed by atoms with Crippen LogP contribution < -0.4 is 0 Å². The van der Waals surface area contributed by atoms with E-state index in [1.807, 2.05) is 0 Å². The van der Waals surface area contributed by atoms with E-state index in [9.17, 15) is 19.2 Å². The number of carbonyl (C=O) groups is 4. The van der Waals surface area contributed by atoms with E-state index in [0.717, 1.165) is 6.92 Å². The maximum atomic E-state index is 11.5. The first kappa shape index (κ1) is 17.3. The van der Waals surface area contributed by atoms with E-state index >= 15 is 0 Å². The van der Waals surface area contributed by atoms with Gasteiger partial charge in [-0.3, -0.25) is 19.2 Å². The van der Waals surface area contributed by atoms with Crippen molar-refractivity contribution < 1.29 is 28.7 Å². The average Bonchev–Trinajstić information content (AvgIpc) is 2.34. The Morgan fingerprint density at radius 3 is 1.95 bits per heavy atom.